The number of ether oxygens (including phenoxy) is 3. The van der Waals surface area contributed by atoms with E-state index in [-0.39, 0.29) is 5.92 Å². The van der Waals surface area contributed by atoms with Crippen molar-refractivity contribution in [3.05, 3.63) is 52.6 Å². The van der Waals surface area contributed by atoms with Gasteiger partial charge in [-0.1, -0.05) is 35.4 Å². The van der Waals surface area contributed by atoms with Crippen molar-refractivity contribution in [2.75, 3.05) is 27.9 Å². The van der Waals surface area contributed by atoms with E-state index in [2.05, 4.69) is 32.0 Å². The van der Waals surface area contributed by atoms with Crippen molar-refractivity contribution in [2.24, 2.45) is 5.73 Å². The zero-order valence-electron chi connectivity index (χ0n) is 15.2. The molecular weight excluding hydrogens is 302 g/mol. The zero-order valence-corrected chi connectivity index (χ0v) is 15.2. The van der Waals surface area contributed by atoms with Crippen LogP contribution in [0.2, 0.25) is 0 Å². The summed E-state index contributed by atoms with van der Waals surface area (Å²) in [5, 5.41) is 0. The quantitative estimate of drug-likeness (QED) is 0.843. The van der Waals surface area contributed by atoms with Crippen molar-refractivity contribution in [3.63, 3.8) is 0 Å². The third-order valence-corrected chi connectivity index (χ3v) is 4.22. The summed E-state index contributed by atoms with van der Waals surface area (Å²) < 4.78 is 16.5. The van der Waals surface area contributed by atoms with Crippen LogP contribution < -0.4 is 19.9 Å². The second-order valence-corrected chi connectivity index (χ2v) is 6.06. The highest BCUT2D eigenvalue weighted by molar-refractivity contribution is 5.57. The first-order valence-corrected chi connectivity index (χ1v) is 8.10. The molecule has 2 rings (SSSR count). The lowest BCUT2D eigenvalue weighted by Gasteiger charge is -2.22. The molecule has 0 fully saturated rings. The van der Waals surface area contributed by atoms with E-state index in [4.69, 9.17) is 19.9 Å². The van der Waals surface area contributed by atoms with Crippen LogP contribution in [-0.4, -0.2) is 27.9 Å². The van der Waals surface area contributed by atoms with Crippen LogP contribution in [0.4, 0.5) is 0 Å². The summed E-state index contributed by atoms with van der Waals surface area (Å²) >= 11 is 0. The van der Waals surface area contributed by atoms with Crippen LogP contribution in [0.1, 0.15) is 28.2 Å². The Hall–Kier alpha value is -2.20. The van der Waals surface area contributed by atoms with Gasteiger partial charge in [-0.05, 0) is 38.4 Å². The summed E-state index contributed by atoms with van der Waals surface area (Å²) in [7, 11) is 4.88. The first-order valence-electron chi connectivity index (χ1n) is 8.10. The van der Waals surface area contributed by atoms with Gasteiger partial charge in [-0.3, -0.25) is 0 Å². The molecule has 2 N–H and O–H groups in total. The number of aryl methyl sites for hydroxylation is 2. The Labute approximate surface area is 144 Å². The minimum absolute atomic E-state index is 0.140. The summed E-state index contributed by atoms with van der Waals surface area (Å²) in [6.45, 7) is 4.76. The van der Waals surface area contributed by atoms with Gasteiger partial charge in [-0.25, -0.2) is 0 Å². The summed E-state index contributed by atoms with van der Waals surface area (Å²) in [6.07, 6.45) is 0.852. The molecule has 0 spiro atoms. The molecule has 0 amide bonds. The van der Waals surface area contributed by atoms with Crippen LogP contribution in [0.25, 0.3) is 0 Å². The summed E-state index contributed by atoms with van der Waals surface area (Å²) in [4.78, 5) is 0. The standard InChI is InChI=1S/C20H27NO3/c1-13-8-14(2)10-15(9-13)11-16(12-21)17-6-7-18(22-3)20(24-5)19(17)23-4/h6-10,16H,11-12,21H2,1-5H3. The highest BCUT2D eigenvalue weighted by atomic mass is 16.5. The molecule has 130 valence electrons. The molecule has 0 heterocycles. The Morgan fingerprint density at radius 2 is 1.50 bits per heavy atom. The molecule has 0 aromatic heterocycles. The van der Waals surface area contributed by atoms with Crippen LogP contribution in [-0.2, 0) is 6.42 Å². The maximum absolute atomic E-state index is 6.09. The molecule has 0 radical (unpaired) electrons. The monoisotopic (exact) mass is 329 g/mol. The van der Waals surface area contributed by atoms with Gasteiger partial charge in [0.05, 0.1) is 21.3 Å². The molecule has 0 aliphatic carbocycles. The second-order valence-electron chi connectivity index (χ2n) is 6.06. The maximum atomic E-state index is 6.09. The molecule has 0 aliphatic heterocycles. The predicted molar refractivity (Wildman–Crippen MR) is 97.5 cm³/mol. The molecule has 2 aromatic rings. The first kappa shape index (κ1) is 18.1. The fourth-order valence-corrected chi connectivity index (χ4v) is 3.24. The van der Waals surface area contributed by atoms with Gasteiger partial charge in [0.1, 0.15) is 0 Å². The SMILES string of the molecule is COc1ccc(C(CN)Cc2cc(C)cc(C)c2)c(OC)c1OC. The third-order valence-electron chi connectivity index (χ3n) is 4.22. The van der Waals surface area contributed by atoms with Gasteiger partial charge in [0.15, 0.2) is 11.5 Å². The molecule has 4 heteroatoms. The van der Waals surface area contributed by atoms with Crippen molar-refractivity contribution in [1.29, 1.82) is 0 Å². The molecule has 4 nitrogen and oxygen atoms in total. The number of hydrogen-bond acceptors (Lipinski definition) is 4. The molecule has 0 saturated heterocycles. The van der Waals surface area contributed by atoms with Crippen molar-refractivity contribution in [2.45, 2.75) is 26.2 Å². The Bertz CT molecular complexity index is 677. The number of rotatable bonds is 7. The van der Waals surface area contributed by atoms with Gasteiger partial charge in [-0.15, -0.1) is 0 Å². The van der Waals surface area contributed by atoms with Gasteiger partial charge in [0.2, 0.25) is 5.75 Å². The molecular formula is C20H27NO3. The van der Waals surface area contributed by atoms with Gasteiger partial charge in [0, 0.05) is 11.5 Å². The van der Waals surface area contributed by atoms with E-state index in [1.54, 1.807) is 21.3 Å². The number of methoxy groups -OCH3 is 3. The lowest BCUT2D eigenvalue weighted by Crippen LogP contribution is -2.16. The average molecular weight is 329 g/mol. The Morgan fingerprint density at radius 3 is 2.00 bits per heavy atom. The molecule has 1 unspecified atom stereocenters. The van der Waals surface area contributed by atoms with Crippen molar-refractivity contribution in [3.8, 4) is 17.2 Å². The molecule has 0 saturated carbocycles. The van der Waals surface area contributed by atoms with Crippen molar-refractivity contribution < 1.29 is 14.2 Å². The van der Waals surface area contributed by atoms with E-state index in [9.17, 15) is 0 Å². The first-order chi connectivity index (χ1) is 11.5. The summed E-state index contributed by atoms with van der Waals surface area (Å²) in [5.74, 6) is 2.09. The zero-order chi connectivity index (χ0) is 17.7. The number of benzene rings is 2. The van der Waals surface area contributed by atoms with E-state index < -0.39 is 0 Å². The Kier molecular flexibility index (Phi) is 6.10. The largest absolute Gasteiger partial charge is 0.493 e. The minimum atomic E-state index is 0.140. The van der Waals surface area contributed by atoms with Crippen molar-refractivity contribution >= 4 is 0 Å². The molecule has 0 aliphatic rings. The van der Waals surface area contributed by atoms with E-state index in [1.165, 1.54) is 16.7 Å². The van der Waals surface area contributed by atoms with Gasteiger partial charge in [0.25, 0.3) is 0 Å². The Balaban J connectivity index is 2.43. The van der Waals surface area contributed by atoms with Gasteiger partial charge in [-0.2, -0.15) is 0 Å². The van der Waals surface area contributed by atoms with Crippen LogP contribution in [0.5, 0.6) is 17.2 Å². The van der Waals surface area contributed by atoms with Gasteiger partial charge >= 0.3 is 0 Å². The minimum Gasteiger partial charge on any atom is -0.493 e. The maximum Gasteiger partial charge on any atom is 0.203 e. The summed E-state index contributed by atoms with van der Waals surface area (Å²) in [6, 6.07) is 10.5. The molecule has 2 aromatic carbocycles. The Morgan fingerprint density at radius 1 is 0.875 bits per heavy atom. The van der Waals surface area contributed by atoms with E-state index in [0.29, 0.717) is 23.8 Å². The fraction of sp³-hybridized carbons (Fsp3) is 0.400. The molecule has 24 heavy (non-hydrogen) atoms. The van der Waals surface area contributed by atoms with Crippen LogP contribution >= 0.6 is 0 Å². The van der Waals surface area contributed by atoms with E-state index in [0.717, 1.165) is 12.0 Å². The fourth-order valence-electron chi connectivity index (χ4n) is 3.24. The highest BCUT2D eigenvalue weighted by Crippen LogP contribution is 2.43. The predicted octanol–water partition coefficient (Wildman–Crippen LogP) is 3.61. The van der Waals surface area contributed by atoms with Crippen LogP contribution in [0.3, 0.4) is 0 Å². The lowest BCUT2D eigenvalue weighted by molar-refractivity contribution is 0.320. The van der Waals surface area contributed by atoms with Crippen molar-refractivity contribution in [1.82, 2.24) is 0 Å². The normalized spacial score (nSPS) is 11.9. The number of nitrogens with two attached hydrogens (primary N) is 1. The topological polar surface area (TPSA) is 53.7 Å². The average Bonchev–Trinajstić information content (AvgIpc) is 2.57. The molecule has 1 atom stereocenters. The van der Waals surface area contributed by atoms with Crippen LogP contribution in [0, 0.1) is 13.8 Å². The second kappa shape index (κ2) is 8.06. The summed E-state index contributed by atoms with van der Waals surface area (Å²) in [5.41, 5.74) is 10.9. The highest BCUT2D eigenvalue weighted by Gasteiger charge is 2.22. The smallest absolute Gasteiger partial charge is 0.203 e. The van der Waals surface area contributed by atoms with Crippen LogP contribution in [0.15, 0.2) is 30.3 Å². The van der Waals surface area contributed by atoms with E-state index >= 15 is 0 Å². The van der Waals surface area contributed by atoms with Gasteiger partial charge < -0.3 is 19.9 Å². The molecule has 0 bridgehead atoms. The van der Waals surface area contributed by atoms with E-state index in [1.807, 2.05) is 12.1 Å². The number of hydrogen-bond donors (Lipinski definition) is 1. The lowest BCUT2D eigenvalue weighted by atomic mass is 9.90. The third kappa shape index (κ3) is 3.82.